The average Bonchev–Trinajstić information content (AvgIpc) is 3.22. The fourth-order valence-corrected chi connectivity index (χ4v) is 5.04. The Labute approximate surface area is 153 Å². The first-order valence-electron chi connectivity index (χ1n) is 8.66. The van der Waals surface area contributed by atoms with Crippen LogP contribution in [-0.4, -0.2) is 9.55 Å². The van der Waals surface area contributed by atoms with Crippen LogP contribution < -0.4 is 0 Å². The molecule has 3 aromatic carbocycles. The topological polar surface area (TPSA) is 17.8 Å². The third kappa shape index (κ3) is 1.83. The predicted octanol–water partition coefficient (Wildman–Crippen LogP) is 6.55. The van der Waals surface area contributed by atoms with Crippen molar-refractivity contribution in [3.05, 3.63) is 85.1 Å². The Kier molecular flexibility index (Phi) is 2.79. The van der Waals surface area contributed by atoms with Gasteiger partial charge in [-0.2, -0.15) is 0 Å². The van der Waals surface area contributed by atoms with E-state index in [1.165, 1.54) is 42.0 Å². The van der Waals surface area contributed by atoms with Crippen LogP contribution in [0.3, 0.4) is 0 Å². The van der Waals surface area contributed by atoms with Gasteiger partial charge in [0, 0.05) is 37.1 Å². The van der Waals surface area contributed by atoms with Crippen molar-refractivity contribution in [1.82, 2.24) is 9.55 Å². The molecule has 0 aliphatic carbocycles. The SMILES string of the molecule is c1ccc(-n2c3ccccc3c3cc4c(cc32)sc2ccccc24)nc1. The van der Waals surface area contributed by atoms with Gasteiger partial charge >= 0.3 is 0 Å². The van der Waals surface area contributed by atoms with E-state index in [1.54, 1.807) is 0 Å². The summed E-state index contributed by atoms with van der Waals surface area (Å²) in [4.78, 5) is 4.61. The Bertz CT molecular complexity index is 1420. The average molecular weight is 350 g/mol. The molecular weight excluding hydrogens is 336 g/mol. The molecule has 0 aliphatic heterocycles. The summed E-state index contributed by atoms with van der Waals surface area (Å²) < 4.78 is 4.93. The normalized spacial score (nSPS) is 11.8. The molecular formula is C23H14N2S. The minimum absolute atomic E-state index is 0.958. The minimum atomic E-state index is 0.958. The van der Waals surface area contributed by atoms with Crippen molar-refractivity contribution in [1.29, 1.82) is 0 Å². The van der Waals surface area contributed by atoms with E-state index in [2.05, 4.69) is 76.3 Å². The van der Waals surface area contributed by atoms with Crippen molar-refractivity contribution in [3.63, 3.8) is 0 Å². The van der Waals surface area contributed by atoms with Gasteiger partial charge in [-0.3, -0.25) is 4.57 Å². The van der Waals surface area contributed by atoms with Gasteiger partial charge < -0.3 is 0 Å². The highest BCUT2D eigenvalue weighted by molar-refractivity contribution is 7.25. The van der Waals surface area contributed by atoms with Crippen LogP contribution in [0.25, 0.3) is 47.8 Å². The summed E-state index contributed by atoms with van der Waals surface area (Å²) in [5.41, 5.74) is 2.41. The Morgan fingerprint density at radius 1 is 0.615 bits per heavy atom. The number of fused-ring (bicyclic) bond motifs is 6. The van der Waals surface area contributed by atoms with Crippen LogP contribution in [0.15, 0.2) is 85.1 Å². The van der Waals surface area contributed by atoms with Crippen LogP contribution in [0, 0.1) is 0 Å². The second-order valence-corrected chi connectivity index (χ2v) is 7.59. The van der Waals surface area contributed by atoms with Gasteiger partial charge in [-0.1, -0.05) is 42.5 Å². The van der Waals surface area contributed by atoms with Crippen molar-refractivity contribution in [2.24, 2.45) is 0 Å². The Morgan fingerprint density at radius 2 is 1.42 bits per heavy atom. The highest BCUT2D eigenvalue weighted by Gasteiger charge is 2.15. The highest BCUT2D eigenvalue weighted by atomic mass is 32.1. The van der Waals surface area contributed by atoms with Gasteiger partial charge in [0.2, 0.25) is 0 Å². The zero-order valence-electron chi connectivity index (χ0n) is 13.9. The summed E-state index contributed by atoms with van der Waals surface area (Å²) in [5.74, 6) is 0.958. The lowest BCUT2D eigenvalue weighted by molar-refractivity contribution is 1.08. The van der Waals surface area contributed by atoms with E-state index in [9.17, 15) is 0 Å². The second-order valence-electron chi connectivity index (χ2n) is 6.50. The minimum Gasteiger partial charge on any atom is -0.294 e. The monoisotopic (exact) mass is 350 g/mol. The number of hydrogen-bond donors (Lipinski definition) is 0. The van der Waals surface area contributed by atoms with Gasteiger partial charge in [0.25, 0.3) is 0 Å². The van der Waals surface area contributed by atoms with Gasteiger partial charge in [-0.15, -0.1) is 11.3 Å². The van der Waals surface area contributed by atoms with Crippen molar-refractivity contribution < 1.29 is 0 Å². The molecule has 0 amide bonds. The third-order valence-corrected chi connectivity index (χ3v) is 6.18. The maximum atomic E-state index is 4.61. The number of rotatable bonds is 1. The fraction of sp³-hybridized carbons (Fsp3) is 0. The molecule has 0 saturated carbocycles. The molecule has 0 aliphatic rings. The zero-order chi connectivity index (χ0) is 17.1. The van der Waals surface area contributed by atoms with Crippen LogP contribution in [0.4, 0.5) is 0 Å². The lowest BCUT2D eigenvalue weighted by Gasteiger charge is -2.06. The number of thiophene rings is 1. The zero-order valence-corrected chi connectivity index (χ0v) is 14.7. The molecule has 0 fully saturated rings. The van der Waals surface area contributed by atoms with Gasteiger partial charge in [-0.25, -0.2) is 4.98 Å². The summed E-state index contributed by atoms with van der Waals surface area (Å²) in [6.45, 7) is 0. The molecule has 26 heavy (non-hydrogen) atoms. The molecule has 0 saturated heterocycles. The molecule has 6 aromatic rings. The standard InChI is InChI=1S/C23H14N2S/c1-3-9-19-15(7-1)17-13-18-16-8-2-4-10-21(16)26-22(18)14-20(17)25(19)23-11-5-6-12-24-23/h1-14H. The van der Waals surface area contributed by atoms with Gasteiger partial charge in [0.1, 0.15) is 5.82 Å². The van der Waals surface area contributed by atoms with Crippen LogP contribution in [0.2, 0.25) is 0 Å². The van der Waals surface area contributed by atoms with Gasteiger partial charge in [0.05, 0.1) is 11.0 Å². The summed E-state index contributed by atoms with van der Waals surface area (Å²) in [7, 11) is 0. The first-order chi connectivity index (χ1) is 12.9. The molecule has 3 heterocycles. The van der Waals surface area contributed by atoms with Crippen molar-refractivity contribution in [2.75, 3.05) is 0 Å². The van der Waals surface area contributed by atoms with Gasteiger partial charge in [-0.05, 0) is 36.4 Å². The van der Waals surface area contributed by atoms with E-state index < -0.39 is 0 Å². The summed E-state index contributed by atoms with van der Waals surface area (Å²) in [6, 6.07) is 28.0. The fourth-order valence-electron chi connectivity index (χ4n) is 3.92. The molecule has 0 unspecified atom stereocenters. The molecule has 3 aromatic heterocycles. The highest BCUT2D eigenvalue weighted by Crippen LogP contribution is 2.40. The summed E-state index contributed by atoms with van der Waals surface area (Å²) >= 11 is 1.86. The summed E-state index contributed by atoms with van der Waals surface area (Å²) in [6.07, 6.45) is 1.86. The second kappa shape index (κ2) is 5.16. The molecule has 0 bridgehead atoms. The molecule has 2 nitrogen and oxygen atoms in total. The maximum absolute atomic E-state index is 4.61. The maximum Gasteiger partial charge on any atom is 0.137 e. The van der Waals surface area contributed by atoms with Crippen molar-refractivity contribution >= 4 is 53.3 Å². The number of benzene rings is 3. The van der Waals surface area contributed by atoms with E-state index in [-0.39, 0.29) is 0 Å². The molecule has 3 heteroatoms. The quantitative estimate of drug-likeness (QED) is 0.329. The molecule has 0 atom stereocenters. The summed E-state index contributed by atoms with van der Waals surface area (Å²) in [5, 5.41) is 5.22. The molecule has 6 rings (SSSR count). The lowest BCUT2D eigenvalue weighted by Crippen LogP contribution is -1.95. The Balaban J connectivity index is 1.85. The number of hydrogen-bond acceptors (Lipinski definition) is 2. The van der Waals surface area contributed by atoms with Crippen LogP contribution in [-0.2, 0) is 0 Å². The van der Waals surface area contributed by atoms with E-state index in [1.807, 2.05) is 29.7 Å². The van der Waals surface area contributed by atoms with Gasteiger partial charge in [0.15, 0.2) is 0 Å². The van der Waals surface area contributed by atoms with E-state index in [4.69, 9.17) is 0 Å². The largest absolute Gasteiger partial charge is 0.294 e. The van der Waals surface area contributed by atoms with E-state index in [0.717, 1.165) is 5.82 Å². The Hall–Kier alpha value is -3.17. The predicted molar refractivity (Wildman–Crippen MR) is 111 cm³/mol. The van der Waals surface area contributed by atoms with Crippen molar-refractivity contribution in [2.45, 2.75) is 0 Å². The van der Waals surface area contributed by atoms with Crippen molar-refractivity contribution in [3.8, 4) is 5.82 Å². The van der Waals surface area contributed by atoms with E-state index >= 15 is 0 Å². The number of para-hydroxylation sites is 1. The van der Waals surface area contributed by atoms with Crippen LogP contribution >= 0.6 is 11.3 Å². The molecule has 0 spiro atoms. The smallest absolute Gasteiger partial charge is 0.137 e. The van der Waals surface area contributed by atoms with Crippen LogP contribution in [0.5, 0.6) is 0 Å². The first kappa shape index (κ1) is 14.0. The van der Waals surface area contributed by atoms with E-state index in [0.29, 0.717) is 0 Å². The first-order valence-corrected chi connectivity index (χ1v) is 9.48. The number of aromatic nitrogens is 2. The number of pyridine rings is 1. The van der Waals surface area contributed by atoms with Crippen LogP contribution in [0.1, 0.15) is 0 Å². The third-order valence-electron chi connectivity index (χ3n) is 5.05. The molecule has 122 valence electrons. The number of nitrogens with zero attached hydrogens (tertiary/aromatic N) is 2. The molecule has 0 radical (unpaired) electrons. The Morgan fingerprint density at radius 3 is 2.31 bits per heavy atom. The molecule has 0 N–H and O–H groups in total. The lowest BCUT2D eigenvalue weighted by atomic mass is 10.1.